The molecule has 6 nitrogen and oxygen atoms in total. The van der Waals surface area contributed by atoms with Crippen LogP contribution in [0.25, 0.3) is 10.9 Å². The van der Waals surface area contributed by atoms with Crippen LogP contribution in [0.4, 0.5) is 4.79 Å². The molecule has 23 heavy (non-hydrogen) atoms. The Morgan fingerprint density at radius 3 is 2.74 bits per heavy atom. The fraction of sp³-hybridized carbons (Fsp3) is 0.412. The van der Waals surface area contributed by atoms with E-state index < -0.39 is 0 Å². The number of urea groups is 1. The lowest BCUT2D eigenvalue weighted by Gasteiger charge is -2.18. The number of H-pyrrole nitrogens is 1. The van der Waals surface area contributed by atoms with Gasteiger partial charge in [-0.1, -0.05) is 32.0 Å². The highest BCUT2D eigenvalue weighted by Crippen LogP contribution is 2.14. The van der Waals surface area contributed by atoms with Gasteiger partial charge in [-0.3, -0.25) is 4.79 Å². The second-order valence-corrected chi connectivity index (χ2v) is 6.04. The van der Waals surface area contributed by atoms with Crippen molar-refractivity contribution in [2.24, 2.45) is 5.92 Å². The number of carbonyl (C=O) groups excluding carboxylic acids is 1. The summed E-state index contributed by atoms with van der Waals surface area (Å²) in [6, 6.07) is 8.31. The summed E-state index contributed by atoms with van der Waals surface area (Å²) in [6.07, 6.45) is 0.706. The minimum absolute atomic E-state index is 0.0977. The molecular formula is C17H23N3O3. The third kappa shape index (κ3) is 4.82. The lowest BCUT2D eigenvalue weighted by atomic mass is 10.0. The van der Waals surface area contributed by atoms with Crippen LogP contribution in [0.2, 0.25) is 0 Å². The van der Waals surface area contributed by atoms with E-state index in [9.17, 15) is 14.7 Å². The fourth-order valence-corrected chi connectivity index (χ4v) is 2.58. The zero-order valence-corrected chi connectivity index (χ0v) is 13.4. The molecule has 2 aromatic rings. The quantitative estimate of drug-likeness (QED) is 0.653. The predicted octanol–water partition coefficient (Wildman–Crippen LogP) is 1.73. The normalized spacial score (nSPS) is 12.3. The molecule has 4 N–H and O–H groups in total. The molecule has 1 aromatic heterocycles. The Bertz CT molecular complexity index is 724. The number of fused-ring (bicyclic) bond motifs is 1. The minimum atomic E-state index is -0.353. The highest BCUT2D eigenvalue weighted by Gasteiger charge is 2.13. The number of rotatable bonds is 6. The number of aliphatic hydroxyl groups is 1. The van der Waals surface area contributed by atoms with Crippen molar-refractivity contribution in [2.45, 2.75) is 32.9 Å². The van der Waals surface area contributed by atoms with E-state index in [0.29, 0.717) is 12.3 Å². The summed E-state index contributed by atoms with van der Waals surface area (Å²) < 4.78 is 0. The molecule has 0 aliphatic rings. The molecule has 2 rings (SSSR count). The van der Waals surface area contributed by atoms with Crippen molar-refractivity contribution in [3.05, 3.63) is 46.2 Å². The Kier molecular flexibility index (Phi) is 5.76. The second kappa shape index (κ2) is 7.78. The number of hydrogen-bond donors (Lipinski definition) is 4. The number of benzene rings is 1. The van der Waals surface area contributed by atoms with E-state index in [2.05, 4.69) is 15.6 Å². The highest BCUT2D eigenvalue weighted by molar-refractivity contribution is 5.82. The Morgan fingerprint density at radius 1 is 1.30 bits per heavy atom. The second-order valence-electron chi connectivity index (χ2n) is 6.04. The van der Waals surface area contributed by atoms with Crippen LogP contribution in [0.1, 0.15) is 25.8 Å². The summed E-state index contributed by atoms with van der Waals surface area (Å²) in [5.74, 6) is 0.379. The van der Waals surface area contributed by atoms with Gasteiger partial charge in [0.2, 0.25) is 5.56 Å². The van der Waals surface area contributed by atoms with Crippen LogP contribution in [-0.4, -0.2) is 28.8 Å². The molecule has 0 radical (unpaired) electrons. The predicted molar refractivity (Wildman–Crippen MR) is 90.3 cm³/mol. The van der Waals surface area contributed by atoms with Gasteiger partial charge in [0.1, 0.15) is 0 Å². The SMILES string of the molecule is CC(C)CC(CO)NC(=O)NCc1cc(=O)[nH]c2ccccc12. The summed E-state index contributed by atoms with van der Waals surface area (Å²) >= 11 is 0. The standard InChI is InChI=1S/C17H23N3O3/c1-11(2)7-13(10-21)19-17(23)18-9-12-8-16(22)20-15-6-4-3-5-14(12)15/h3-6,8,11,13,21H,7,9-10H2,1-2H3,(H,20,22)(H2,18,19,23). The number of hydrogen-bond acceptors (Lipinski definition) is 3. The number of para-hydroxylation sites is 1. The Morgan fingerprint density at radius 2 is 2.04 bits per heavy atom. The van der Waals surface area contributed by atoms with Crippen molar-refractivity contribution in [2.75, 3.05) is 6.61 Å². The maximum absolute atomic E-state index is 12.0. The van der Waals surface area contributed by atoms with Gasteiger partial charge >= 0.3 is 6.03 Å². The Hall–Kier alpha value is -2.34. The summed E-state index contributed by atoms with van der Waals surface area (Å²) in [6.45, 7) is 4.21. The van der Waals surface area contributed by atoms with E-state index in [1.54, 1.807) is 0 Å². The van der Waals surface area contributed by atoms with Gasteiger partial charge in [-0.15, -0.1) is 0 Å². The maximum atomic E-state index is 12.0. The topological polar surface area (TPSA) is 94.2 Å². The third-order valence-electron chi connectivity index (χ3n) is 3.59. The zero-order chi connectivity index (χ0) is 16.8. The first-order chi connectivity index (χ1) is 11.0. The molecule has 1 aromatic carbocycles. The van der Waals surface area contributed by atoms with Gasteiger partial charge in [-0.2, -0.15) is 0 Å². The molecule has 0 saturated heterocycles. The lowest BCUT2D eigenvalue weighted by molar-refractivity contribution is 0.206. The number of aliphatic hydroxyl groups excluding tert-OH is 1. The number of aromatic nitrogens is 1. The van der Waals surface area contributed by atoms with E-state index in [1.165, 1.54) is 6.07 Å². The van der Waals surface area contributed by atoms with Crippen LogP contribution in [0, 0.1) is 5.92 Å². The van der Waals surface area contributed by atoms with Crippen LogP contribution in [0.3, 0.4) is 0 Å². The number of carbonyl (C=O) groups is 1. The van der Waals surface area contributed by atoms with E-state index in [4.69, 9.17) is 0 Å². The largest absolute Gasteiger partial charge is 0.394 e. The van der Waals surface area contributed by atoms with Crippen molar-refractivity contribution >= 4 is 16.9 Å². The van der Waals surface area contributed by atoms with Crippen molar-refractivity contribution in [3.8, 4) is 0 Å². The van der Waals surface area contributed by atoms with Crippen LogP contribution in [0.15, 0.2) is 35.1 Å². The Balaban J connectivity index is 2.03. The molecule has 0 fully saturated rings. The summed E-state index contributed by atoms with van der Waals surface area (Å²) in [4.78, 5) is 26.4. The number of aromatic amines is 1. The van der Waals surface area contributed by atoms with Crippen molar-refractivity contribution in [3.63, 3.8) is 0 Å². The molecule has 2 amide bonds. The first-order valence-corrected chi connectivity index (χ1v) is 7.75. The maximum Gasteiger partial charge on any atom is 0.315 e. The molecule has 1 unspecified atom stereocenters. The monoisotopic (exact) mass is 317 g/mol. The van der Waals surface area contributed by atoms with Crippen LogP contribution < -0.4 is 16.2 Å². The molecule has 0 aliphatic heterocycles. The fourth-order valence-electron chi connectivity index (χ4n) is 2.58. The summed E-state index contributed by atoms with van der Waals surface area (Å²) in [7, 11) is 0. The van der Waals surface area contributed by atoms with E-state index >= 15 is 0 Å². The molecule has 0 spiro atoms. The summed E-state index contributed by atoms with van der Waals surface area (Å²) in [5.41, 5.74) is 1.29. The average molecular weight is 317 g/mol. The van der Waals surface area contributed by atoms with Crippen molar-refractivity contribution < 1.29 is 9.90 Å². The molecule has 0 saturated carbocycles. The molecule has 1 heterocycles. The van der Waals surface area contributed by atoms with Crippen LogP contribution >= 0.6 is 0 Å². The highest BCUT2D eigenvalue weighted by atomic mass is 16.3. The third-order valence-corrected chi connectivity index (χ3v) is 3.59. The van der Waals surface area contributed by atoms with Gasteiger partial charge in [-0.05, 0) is 24.0 Å². The van der Waals surface area contributed by atoms with Gasteiger partial charge in [0.25, 0.3) is 0 Å². The minimum Gasteiger partial charge on any atom is -0.394 e. The molecule has 124 valence electrons. The molecule has 6 heteroatoms. The number of amides is 2. The van der Waals surface area contributed by atoms with Crippen LogP contribution in [0.5, 0.6) is 0 Å². The van der Waals surface area contributed by atoms with Crippen molar-refractivity contribution in [1.29, 1.82) is 0 Å². The van der Waals surface area contributed by atoms with Gasteiger partial charge in [0.15, 0.2) is 0 Å². The number of nitrogens with one attached hydrogen (secondary N) is 3. The first-order valence-electron chi connectivity index (χ1n) is 7.75. The van der Waals surface area contributed by atoms with Crippen LogP contribution in [-0.2, 0) is 6.54 Å². The van der Waals surface area contributed by atoms with E-state index in [0.717, 1.165) is 16.5 Å². The molecule has 0 bridgehead atoms. The zero-order valence-electron chi connectivity index (χ0n) is 13.4. The average Bonchev–Trinajstić information content (AvgIpc) is 2.51. The van der Waals surface area contributed by atoms with Gasteiger partial charge < -0.3 is 20.7 Å². The first kappa shape index (κ1) is 17.0. The van der Waals surface area contributed by atoms with E-state index in [-0.39, 0.29) is 30.8 Å². The van der Waals surface area contributed by atoms with Gasteiger partial charge in [0, 0.05) is 23.5 Å². The van der Waals surface area contributed by atoms with E-state index in [1.807, 2.05) is 38.1 Å². The molecule has 0 aliphatic carbocycles. The van der Waals surface area contributed by atoms with Gasteiger partial charge in [-0.25, -0.2) is 4.79 Å². The summed E-state index contributed by atoms with van der Waals surface area (Å²) in [5, 5.41) is 15.7. The van der Waals surface area contributed by atoms with Gasteiger partial charge in [0.05, 0.1) is 12.6 Å². The number of pyridine rings is 1. The Labute approximate surface area is 134 Å². The smallest absolute Gasteiger partial charge is 0.315 e. The van der Waals surface area contributed by atoms with Crippen molar-refractivity contribution in [1.82, 2.24) is 15.6 Å². The lowest BCUT2D eigenvalue weighted by Crippen LogP contribution is -2.44. The molecular weight excluding hydrogens is 294 g/mol. The molecule has 1 atom stereocenters.